The molecule has 5 heteroatoms. The largest absolute Gasteiger partial charge is 0.293 e. The maximum absolute atomic E-state index is 12.7. The van der Waals surface area contributed by atoms with Crippen LogP contribution in [0.2, 0.25) is 0 Å². The summed E-state index contributed by atoms with van der Waals surface area (Å²) in [7, 11) is 0. The van der Waals surface area contributed by atoms with E-state index in [2.05, 4.69) is 11.8 Å². The molecule has 0 aromatic rings. The minimum absolute atomic E-state index is 0.00312. The van der Waals surface area contributed by atoms with Crippen LogP contribution >= 0.6 is 0 Å². The second-order valence-corrected chi connectivity index (χ2v) is 8.05. The van der Waals surface area contributed by atoms with Gasteiger partial charge in [0, 0.05) is 10.8 Å². The fourth-order valence-electron chi connectivity index (χ4n) is 5.09. The van der Waals surface area contributed by atoms with E-state index in [1.165, 1.54) is 6.08 Å². The average molecular weight is 358 g/mol. The molecular formula is C22H18N2O3. The van der Waals surface area contributed by atoms with Crippen LogP contribution in [0.15, 0.2) is 34.9 Å². The zero-order valence-electron chi connectivity index (χ0n) is 15.4. The smallest absolute Gasteiger partial charge is 0.196 e. The van der Waals surface area contributed by atoms with E-state index < -0.39 is 22.0 Å². The quantitative estimate of drug-likeness (QED) is 0.489. The number of fused-ring (bicyclic) bond motifs is 3. The third kappa shape index (κ3) is 2.42. The van der Waals surface area contributed by atoms with E-state index in [1.54, 1.807) is 12.2 Å². The third-order valence-corrected chi connectivity index (χ3v) is 6.28. The molecule has 3 rings (SSSR count). The number of carbonyl (C=O) groups excluding carboxylic acids is 3. The molecule has 1 saturated carbocycles. The van der Waals surface area contributed by atoms with E-state index >= 15 is 0 Å². The molecule has 0 amide bonds. The van der Waals surface area contributed by atoms with E-state index in [0.717, 1.165) is 0 Å². The number of rotatable bonds is 0. The van der Waals surface area contributed by atoms with Crippen LogP contribution in [0, 0.1) is 56.7 Å². The Morgan fingerprint density at radius 1 is 1.11 bits per heavy atom. The lowest BCUT2D eigenvalue weighted by Gasteiger charge is -2.56. The number of carbonyl (C=O) groups is 3. The maximum atomic E-state index is 12.7. The molecule has 0 unspecified atom stereocenters. The molecule has 0 radical (unpaired) electrons. The molecule has 0 aromatic heterocycles. The molecular weight excluding hydrogens is 340 g/mol. The second kappa shape index (κ2) is 5.90. The van der Waals surface area contributed by atoms with Crippen molar-refractivity contribution in [1.29, 1.82) is 10.5 Å². The lowest BCUT2D eigenvalue weighted by molar-refractivity contribution is -0.130. The van der Waals surface area contributed by atoms with Gasteiger partial charge in [-0.15, -0.1) is 0 Å². The van der Waals surface area contributed by atoms with Gasteiger partial charge in [-0.2, -0.15) is 10.5 Å². The van der Waals surface area contributed by atoms with Gasteiger partial charge in [-0.3, -0.25) is 14.4 Å². The van der Waals surface area contributed by atoms with Crippen molar-refractivity contribution in [2.45, 2.75) is 33.6 Å². The van der Waals surface area contributed by atoms with Gasteiger partial charge in [0.25, 0.3) is 0 Å². The molecule has 0 N–H and O–H groups in total. The van der Waals surface area contributed by atoms with Gasteiger partial charge in [-0.05, 0) is 42.4 Å². The van der Waals surface area contributed by atoms with Gasteiger partial charge in [-0.25, -0.2) is 0 Å². The average Bonchev–Trinajstić information content (AvgIpc) is 2.63. The van der Waals surface area contributed by atoms with Crippen molar-refractivity contribution in [3.63, 3.8) is 0 Å². The molecule has 0 aromatic carbocycles. The Balaban J connectivity index is 2.33. The molecule has 5 nitrogen and oxygen atoms in total. The van der Waals surface area contributed by atoms with Crippen LogP contribution in [0.4, 0.5) is 0 Å². The molecule has 3 atom stereocenters. The first-order chi connectivity index (χ1) is 12.7. The van der Waals surface area contributed by atoms with Crippen molar-refractivity contribution in [2.75, 3.05) is 0 Å². The molecule has 0 heterocycles. The Morgan fingerprint density at radius 2 is 1.78 bits per heavy atom. The summed E-state index contributed by atoms with van der Waals surface area (Å²) in [5, 5.41) is 18.8. The fourth-order valence-corrected chi connectivity index (χ4v) is 5.09. The van der Waals surface area contributed by atoms with E-state index in [0.29, 0.717) is 24.7 Å². The molecule has 3 aliphatic carbocycles. The lowest BCUT2D eigenvalue weighted by atomic mass is 9.45. The summed E-state index contributed by atoms with van der Waals surface area (Å²) in [4.78, 5) is 36.1. The minimum Gasteiger partial charge on any atom is -0.293 e. The van der Waals surface area contributed by atoms with Crippen LogP contribution in [0.25, 0.3) is 0 Å². The molecule has 0 saturated heterocycles. The van der Waals surface area contributed by atoms with Crippen molar-refractivity contribution in [3.8, 4) is 24.0 Å². The van der Waals surface area contributed by atoms with Gasteiger partial charge in [0.2, 0.25) is 0 Å². The molecule has 3 aliphatic rings. The van der Waals surface area contributed by atoms with Crippen LogP contribution in [-0.2, 0) is 14.4 Å². The van der Waals surface area contributed by atoms with E-state index in [1.807, 2.05) is 32.9 Å². The highest BCUT2D eigenvalue weighted by atomic mass is 16.1. The van der Waals surface area contributed by atoms with Crippen molar-refractivity contribution in [1.82, 2.24) is 0 Å². The fraction of sp³-hybridized carbons (Fsp3) is 0.409. The van der Waals surface area contributed by atoms with Crippen LogP contribution in [0.3, 0.4) is 0 Å². The number of hydrogen-bond acceptors (Lipinski definition) is 5. The normalized spacial score (nSPS) is 33.5. The monoisotopic (exact) mass is 358 g/mol. The first-order valence-corrected chi connectivity index (χ1v) is 8.70. The Kier molecular flexibility index (Phi) is 4.05. The molecule has 0 bridgehead atoms. The first kappa shape index (κ1) is 18.6. The van der Waals surface area contributed by atoms with E-state index in [-0.39, 0.29) is 22.8 Å². The minimum atomic E-state index is -0.932. The van der Waals surface area contributed by atoms with Crippen molar-refractivity contribution >= 4 is 17.9 Å². The molecule has 27 heavy (non-hydrogen) atoms. The summed E-state index contributed by atoms with van der Waals surface area (Å²) in [6, 6.07) is 3.89. The van der Waals surface area contributed by atoms with E-state index in [9.17, 15) is 24.9 Å². The predicted octanol–water partition coefficient (Wildman–Crippen LogP) is 2.61. The molecule has 0 aliphatic heterocycles. The number of nitriles is 2. The summed E-state index contributed by atoms with van der Waals surface area (Å²) in [5.41, 5.74) is -1.75. The summed E-state index contributed by atoms with van der Waals surface area (Å²) in [6.07, 6.45) is 6.20. The lowest BCUT2D eigenvalue weighted by Crippen LogP contribution is -2.53. The number of Topliss-reactive ketones (excluding diaryl/α,β-unsaturated/α-hetero) is 1. The predicted molar refractivity (Wildman–Crippen MR) is 96.4 cm³/mol. The van der Waals surface area contributed by atoms with Gasteiger partial charge >= 0.3 is 0 Å². The third-order valence-electron chi connectivity index (χ3n) is 6.28. The molecule has 1 fully saturated rings. The Morgan fingerprint density at radius 3 is 2.37 bits per heavy atom. The number of aldehydes is 1. The summed E-state index contributed by atoms with van der Waals surface area (Å²) >= 11 is 0. The highest BCUT2D eigenvalue weighted by Gasteiger charge is 2.59. The van der Waals surface area contributed by atoms with Gasteiger partial charge in [-0.1, -0.05) is 32.8 Å². The highest BCUT2D eigenvalue weighted by molar-refractivity contribution is 6.09. The van der Waals surface area contributed by atoms with Crippen LogP contribution in [0.1, 0.15) is 33.6 Å². The summed E-state index contributed by atoms with van der Waals surface area (Å²) in [5.74, 6) is 4.64. The zero-order valence-corrected chi connectivity index (χ0v) is 15.4. The van der Waals surface area contributed by atoms with Crippen LogP contribution < -0.4 is 0 Å². The van der Waals surface area contributed by atoms with Gasteiger partial charge in [0.1, 0.15) is 12.1 Å². The SMILES string of the molecule is CC1(C)C(=O)C(C#N)=C[C@]2(C)C3=CC(=O)C(C#N)=C[C@@]3(C#CC=O)CC[C@@H]12. The van der Waals surface area contributed by atoms with Crippen LogP contribution in [0.5, 0.6) is 0 Å². The standard InChI is InChI=1S/C22H18N2O3/c1-20(2)17-5-7-22(6-4-8-25)11-14(12-23)16(26)9-18(22)21(17,3)10-15(13-24)19(20)27/h8-11,17H,5,7H2,1-3H3/t17-,21-,22+/m0/s1. The van der Waals surface area contributed by atoms with Crippen molar-refractivity contribution < 1.29 is 14.4 Å². The molecule has 0 spiro atoms. The zero-order chi connectivity index (χ0) is 20.0. The first-order valence-electron chi connectivity index (χ1n) is 8.70. The molecule has 134 valence electrons. The van der Waals surface area contributed by atoms with E-state index in [4.69, 9.17) is 0 Å². The Labute approximate surface area is 158 Å². The highest BCUT2D eigenvalue weighted by Crippen LogP contribution is 2.63. The topological polar surface area (TPSA) is 98.8 Å². The Hall–Kier alpha value is -3.23. The van der Waals surface area contributed by atoms with Gasteiger partial charge in [0.15, 0.2) is 17.9 Å². The van der Waals surface area contributed by atoms with Crippen LogP contribution in [-0.4, -0.2) is 17.9 Å². The number of ketones is 2. The number of hydrogen-bond donors (Lipinski definition) is 0. The number of nitrogens with zero attached hydrogens (tertiary/aromatic N) is 2. The maximum Gasteiger partial charge on any atom is 0.196 e. The number of allylic oxidation sites excluding steroid dienone is 6. The summed E-state index contributed by atoms with van der Waals surface area (Å²) < 4.78 is 0. The summed E-state index contributed by atoms with van der Waals surface area (Å²) in [6.45, 7) is 5.56. The van der Waals surface area contributed by atoms with Gasteiger partial charge in [0.05, 0.1) is 16.6 Å². The van der Waals surface area contributed by atoms with Gasteiger partial charge < -0.3 is 0 Å². The Bertz CT molecular complexity index is 1020. The van der Waals surface area contributed by atoms with Crippen molar-refractivity contribution in [2.24, 2.45) is 22.2 Å². The van der Waals surface area contributed by atoms with Crippen molar-refractivity contribution in [3.05, 3.63) is 34.9 Å². The second-order valence-electron chi connectivity index (χ2n) is 8.05.